The maximum Gasteiger partial charge on any atom is 0.355 e. The van der Waals surface area contributed by atoms with Gasteiger partial charge in [-0.05, 0) is 43.2 Å². The first kappa shape index (κ1) is 15.8. The van der Waals surface area contributed by atoms with Gasteiger partial charge in [0, 0.05) is 10.1 Å². The van der Waals surface area contributed by atoms with Crippen LogP contribution in [0.25, 0.3) is 10.1 Å². The number of para-hydroxylation sites is 1. The van der Waals surface area contributed by atoms with Crippen LogP contribution in [0.2, 0.25) is 5.02 Å². The van der Waals surface area contributed by atoms with Crippen LogP contribution < -0.4 is 9.47 Å². The normalized spacial score (nSPS) is 10.8. The highest BCUT2D eigenvalue weighted by Crippen LogP contribution is 2.38. The fourth-order valence-electron chi connectivity index (χ4n) is 2.40. The van der Waals surface area contributed by atoms with E-state index in [-0.39, 0.29) is 0 Å². The molecular formula is C18H15ClO3S. The highest BCUT2D eigenvalue weighted by Gasteiger charge is 2.20. The van der Waals surface area contributed by atoms with E-state index in [1.165, 1.54) is 11.3 Å². The number of hydrogen-bond donors (Lipinski definition) is 0. The third kappa shape index (κ3) is 2.92. The number of hydrogen-bond acceptors (Lipinski definition) is 4. The van der Waals surface area contributed by atoms with Crippen molar-refractivity contribution in [3.8, 4) is 11.5 Å². The van der Waals surface area contributed by atoms with Gasteiger partial charge in [0.2, 0.25) is 0 Å². The Kier molecular flexibility index (Phi) is 4.28. The summed E-state index contributed by atoms with van der Waals surface area (Å²) in [5, 5.41) is 1.25. The lowest BCUT2D eigenvalue weighted by Gasteiger charge is -2.09. The molecule has 0 saturated heterocycles. The molecule has 0 saturated carbocycles. The summed E-state index contributed by atoms with van der Waals surface area (Å²) in [5.74, 6) is 0.876. The summed E-state index contributed by atoms with van der Waals surface area (Å²) in [4.78, 5) is 12.9. The molecule has 0 spiro atoms. The van der Waals surface area contributed by atoms with Gasteiger partial charge in [-0.15, -0.1) is 11.3 Å². The maximum atomic E-state index is 12.5. The van der Waals surface area contributed by atoms with Crippen LogP contribution >= 0.6 is 22.9 Å². The molecule has 3 nitrogen and oxygen atoms in total. The number of benzene rings is 2. The Labute approximate surface area is 143 Å². The smallest absolute Gasteiger partial charge is 0.355 e. The number of carbonyl (C=O) groups excluding carboxylic acids is 1. The van der Waals surface area contributed by atoms with E-state index in [4.69, 9.17) is 21.1 Å². The molecule has 0 atom stereocenters. The van der Waals surface area contributed by atoms with Gasteiger partial charge >= 0.3 is 5.97 Å². The monoisotopic (exact) mass is 346 g/mol. The van der Waals surface area contributed by atoms with Gasteiger partial charge in [-0.25, -0.2) is 4.79 Å². The van der Waals surface area contributed by atoms with E-state index in [1.807, 2.05) is 50.2 Å². The summed E-state index contributed by atoms with van der Waals surface area (Å²) in [6, 6.07) is 11.3. The SMILES string of the molecule is COc1ccc2c(Cl)c(C(=O)Oc3c(C)cccc3C)sc2c1. The van der Waals surface area contributed by atoms with Crippen molar-refractivity contribution >= 4 is 39.0 Å². The summed E-state index contributed by atoms with van der Waals surface area (Å²) in [6.07, 6.45) is 0. The third-order valence-electron chi connectivity index (χ3n) is 3.63. The van der Waals surface area contributed by atoms with Crippen LogP contribution in [-0.4, -0.2) is 13.1 Å². The second-order valence-electron chi connectivity index (χ2n) is 5.22. The molecule has 0 N–H and O–H groups in total. The molecule has 118 valence electrons. The van der Waals surface area contributed by atoms with E-state index >= 15 is 0 Å². The molecule has 0 amide bonds. The molecule has 3 rings (SSSR count). The number of ether oxygens (including phenoxy) is 2. The quantitative estimate of drug-likeness (QED) is 0.470. The lowest BCUT2D eigenvalue weighted by Crippen LogP contribution is -2.09. The molecule has 0 aliphatic heterocycles. The van der Waals surface area contributed by atoms with Crippen LogP contribution in [0.15, 0.2) is 36.4 Å². The van der Waals surface area contributed by atoms with Gasteiger partial charge in [0.15, 0.2) is 0 Å². The molecule has 1 aromatic heterocycles. The summed E-state index contributed by atoms with van der Waals surface area (Å²) >= 11 is 7.67. The molecule has 0 fully saturated rings. The lowest BCUT2D eigenvalue weighted by atomic mass is 10.1. The predicted octanol–water partition coefficient (Wildman–Crippen LogP) is 5.40. The standard InChI is InChI=1S/C18H15ClO3S/c1-10-5-4-6-11(2)16(10)22-18(20)17-15(19)13-8-7-12(21-3)9-14(13)23-17/h4-9H,1-3H3. The van der Waals surface area contributed by atoms with Crippen LogP contribution in [0.1, 0.15) is 20.8 Å². The van der Waals surface area contributed by atoms with Crippen LogP contribution in [0.5, 0.6) is 11.5 Å². The zero-order valence-electron chi connectivity index (χ0n) is 13.0. The van der Waals surface area contributed by atoms with Gasteiger partial charge in [-0.3, -0.25) is 0 Å². The van der Waals surface area contributed by atoms with Gasteiger partial charge in [0.1, 0.15) is 16.4 Å². The lowest BCUT2D eigenvalue weighted by molar-refractivity contribution is 0.0737. The van der Waals surface area contributed by atoms with Crippen molar-refractivity contribution in [2.75, 3.05) is 7.11 Å². The Morgan fingerprint density at radius 3 is 2.48 bits per heavy atom. The number of halogens is 1. The van der Waals surface area contributed by atoms with Crippen LogP contribution in [0.3, 0.4) is 0 Å². The maximum absolute atomic E-state index is 12.5. The summed E-state index contributed by atoms with van der Waals surface area (Å²) in [6.45, 7) is 3.82. The van der Waals surface area contributed by atoms with Crippen LogP contribution in [0, 0.1) is 13.8 Å². The van der Waals surface area contributed by atoms with Crippen LogP contribution in [-0.2, 0) is 0 Å². The second kappa shape index (κ2) is 6.22. The predicted molar refractivity (Wildman–Crippen MR) is 94.3 cm³/mol. The Morgan fingerprint density at radius 1 is 1.13 bits per heavy atom. The zero-order valence-corrected chi connectivity index (χ0v) is 14.5. The Morgan fingerprint density at radius 2 is 1.83 bits per heavy atom. The Hall–Kier alpha value is -2.04. The highest BCUT2D eigenvalue weighted by atomic mass is 35.5. The topological polar surface area (TPSA) is 35.5 Å². The molecule has 0 radical (unpaired) electrons. The molecular weight excluding hydrogens is 332 g/mol. The minimum absolute atomic E-state index is 0.401. The highest BCUT2D eigenvalue weighted by molar-refractivity contribution is 7.21. The minimum atomic E-state index is -0.437. The molecule has 0 aliphatic carbocycles. The summed E-state index contributed by atoms with van der Waals surface area (Å²) in [7, 11) is 1.60. The first-order chi connectivity index (χ1) is 11.0. The number of fused-ring (bicyclic) bond motifs is 1. The first-order valence-electron chi connectivity index (χ1n) is 7.05. The Bertz CT molecular complexity index is 878. The van der Waals surface area contributed by atoms with Gasteiger partial charge in [-0.2, -0.15) is 0 Å². The molecule has 0 unspecified atom stereocenters. The second-order valence-corrected chi connectivity index (χ2v) is 6.65. The van der Waals surface area contributed by atoms with Crippen molar-refractivity contribution in [1.82, 2.24) is 0 Å². The average molecular weight is 347 g/mol. The van der Waals surface area contributed by atoms with E-state index in [0.29, 0.717) is 15.6 Å². The summed E-state index contributed by atoms with van der Waals surface area (Å²) < 4.78 is 11.7. The van der Waals surface area contributed by atoms with Crippen molar-refractivity contribution in [2.24, 2.45) is 0 Å². The van der Waals surface area contributed by atoms with E-state index in [0.717, 1.165) is 27.0 Å². The first-order valence-corrected chi connectivity index (χ1v) is 8.25. The minimum Gasteiger partial charge on any atom is -0.497 e. The Balaban J connectivity index is 1.99. The fraction of sp³-hybridized carbons (Fsp3) is 0.167. The van der Waals surface area contributed by atoms with E-state index < -0.39 is 5.97 Å². The number of esters is 1. The largest absolute Gasteiger partial charge is 0.497 e. The molecule has 2 aromatic carbocycles. The fourth-order valence-corrected chi connectivity index (χ4v) is 3.82. The molecule has 0 aliphatic rings. The van der Waals surface area contributed by atoms with E-state index in [2.05, 4.69) is 0 Å². The molecule has 3 aromatic rings. The molecule has 0 bridgehead atoms. The van der Waals surface area contributed by atoms with Crippen molar-refractivity contribution in [3.63, 3.8) is 0 Å². The van der Waals surface area contributed by atoms with Crippen molar-refractivity contribution < 1.29 is 14.3 Å². The van der Waals surface area contributed by atoms with Gasteiger partial charge < -0.3 is 9.47 Å². The van der Waals surface area contributed by atoms with Gasteiger partial charge in [-0.1, -0.05) is 29.8 Å². The molecule has 1 heterocycles. The summed E-state index contributed by atoms with van der Waals surface area (Å²) in [5.41, 5.74) is 1.83. The zero-order chi connectivity index (χ0) is 16.6. The van der Waals surface area contributed by atoms with Crippen molar-refractivity contribution in [2.45, 2.75) is 13.8 Å². The number of methoxy groups -OCH3 is 1. The number of rotatable bonds is 3. The number of carbonyl (C=O) groups is 1. The van der Waals surface area contributed by atoms with E-state index in [9.17, 15) is 4.79 Å². The average Bonchev–Trinajstić information content (AvgIpc) is 2.87. The van der Waals surface area contributed by atoms with E-state index in [1.54, 1.807) is 7.11 Å². The number of thiophene rings is 1. The van der Waals surface area contributed by atoms with Gasteiger partial charge in [0.05, 0.1) is 12.1 Å². The van der Waals surface area contributed by atoms with Gasteiger partial charge in [0.25, 0.3) is 0 Å². The third-order valence-corrected chi connectivity index (χ3v) is 5.26. The van der Waals surface area contributed by atoms with Crippen molar-refractivity contribution in [3.05, 3.63) is 57.4 Å². The van der Waals surface area contributed by atoms with Crippen LogP contribution in [0.4, 0.5) is 0 Å². The molecule has 5 heteroatoms. The number of aryl methyl sites for hydroxylation is 2. The molecule has 23 heavy (non-hydrogen) atoms. The van der Waals surface area contributed by atoms with Crippen molar-refractivity contribution in [1.29, 1.82) is 0 Å².